The molecule has 0 aliphatic heterocycles. The molecule has 106 valence electrons. The summed E-state index contributed by atoms with van der Waals surface area (Å²) in [6.07, 6.45) is 9.46. The fourth-order valence-corrected chi connectivity index (χ4v) is 3.47. The molecule has 1 aliphatic carbocycles. The van der Waals surface area contributed by atoms with Crippen molar-refractivity contribution in [3.05, 3.63) is 33.8 Å². The van der Waals surface area contributed by atoms with Crippen LogP contribution in [0.25, 0.3) is 0 Å². The normalized spacial score (nSPS) is 18.5. The van der Waals surface area contributed by atoms with Crippen LogP contribution in [0, 0.1) is 19.8 Å². The van der Waals surface area contributed by atoms with Gasteiger partial charge >= 0.3 is 0 Å². The fourth-order valence-electron chi connectivity index (χ4n) is 3.25. The number of rotatable bonds is 4. The van der Waals surface area contributed by atoms with Gasteiger partial charge in [0.15, 0.2) is 0 Å². The van der Waals surface area contributed by atoms with Crippen LogP contribution in [-0.4, -0.2) is 0 Å². The molecule has 2 rings (SSSR count). The molecule has 1 fully saturated rings. The van der Waals surface area contributed by atoms with Gasteiger partial charge in [-0.05, 0) is 55.4 Å². The Morgan fingerprint density at radius 2 is 1.84 bits per heavy atom. The van der Waals surface area contributed by atoms with Crippen LogP contribution in [0.4, 0.5) is 0 Å². The molecule has 1 aliphatic rings. The summed E-state index contributed by atoms with van der Waals surface area (Å²) in [7, 11) is 0. The summed E-state index contributed by atoms with van der Waals surface area (Å²) in [5.41, 5.74) is 10.0. The first-order valence-electron chi connectivity index (χ1n) is 7.60. The highest BCUT2D eigenvalue weighted by atomic mass is 35.5. The minimum atomic E-state index is 0.165. The Bertz CT molecular complexity index is 422. The van der Waals surface area contributed by atoms with E-state index in [1.165, 1.54) is 49.7 Å². The lowest BCUT2D eigenvalue weighted by Gasteiger charge is -2.23. The minimum Gasteiger partial charge on any atom is -0.324 e. The molecule has 1 aromatic rings. The molecule has 2 heteroatoms. The Balaban J connectivity index is 1.95. The molecule has 19 heavy (non-hydrogen) atoms. The van der Waals surface area contributed by atoms with Gasteiger partial charge in [0.25, 0.3) is 0 Å². The van der Waals surface area contributed by atoms with Crippen molar-refractivity contribution >= 4 is 11.6 Å². The highest BCUT2D eigenvalue weighted by molar-refractivity contribution is 6.31. The molecule has 1 atom stereocenters. The van der Waals surface area contributed by atoms with E-state index in [4.69, 9.17) is 17.3 Å². The second kappa shape index (κ2) is 6.76. The third kappa shape index (κ3) is 3.97. The van der Waals surface area contributed by atoms with E-state index < -0.39 is 0 Å². The van der Waals surface area contributed by atoms with Crippen molar-refractivity contribution < 1.29 is 0 Å². The number of hydrogen-bond acceptors (Lipinski definition) is 1. The molecule has 0 amide bonds. The van der Waals surface area contributed by atoms with Crippen molar-refractivity contribution in [1.29, 1.82) is 0 Å². The zero-order valence-electron chi connectivity index (χ0n) is 12.2. The second-order valence-electron chi connectivity index (χ2n) is 6.15. The van der Waals surface area contributed by atoms with Crippen molar-refractivity contribution in [2.45, 2.75) is 64.8 Å². The van der Waals surface area contributed by atoms with Crippen molar-refractivity contribution in [3.63, 3.8) is 0 Å². The monoisotopic (exact) mass is 279 g/mol. The van der Waals surface area contributed by atoms with Crippen LogP contribution in [0.5, 0.6) is 0 Å². The lowest BCUT2D eigenvalue weighted by Crippen LogP contribution is -2.15. The molecule has 0 radical (unpaired) electrons. The molecule has 0 bridgehead atoms. The van der Waals surface area contributed by atoms with Crippen LogP contribution in [0.3, 0.4) is 0 Å². The van der Waals surface area contributed by atoms with E-state index in [0.717, 1.165) is 22.9 Å². The average molecular weight is 280 g/mol. The summed E-state index contributed by atoms with van der Waals surface area (Å²) in [6.45, 7) is 4.17. The fraction of sp³-hybridized carbons (Fsp3) is 0.647. The first kappa shape index (κ1) is 14.9. The largest absolute Gasteiger partial charge is 0.324 e. The number of benzene rings is 1. The standard InChI is InChI=1S/C17H26ClN/c1-12-11-16(18)13(2)10-15(12)17(19)9-8-14-6-4-3-5-7-14/h10-11,14,17H,3-9,19H2,1-2H3. The summed E-state index contributed by atoms with van der Waals surface area (Å²) in [4.78, 5) is 0. The quantitative estimate of drug-likeness (QED) is 0.793. The van der Waals surface area contributed by atoms with Gasteiger partial charge in [0.05, 0.1) is 0 Å². The van der Waals surface area contributed by atoms with Gasteiger partial charge in [-0.1, -0.05) is 49.8 Å². The molecule has 1 saturated carbocycles. The van der Waals surface area contributed by atoms with E-state index in [0.29, 0.717) is 0 Å². The molecule has 0 spiro atoms. The van der Waals surface area contributed by atoms with Crippen molar-refractivity contribution in [3.8, 4) is 0 Å². The summed E-state index contributed by atoms with van der Waals surface area (Å²) in [5.74, 6) is 0.911. The molecule has 1 aromatic carbocycles. The Kier molecular flexibility index (Phi) is 5.29. The first-order valence-corrected chi connectivity index (χ1v) is 7.98. The number of halogens is 1. The zero-order chi connectivity index (χ0) is 13.8. The highest BCUT2D eigenvalue weighted by Gasteiger charge is 2.16. The van der Waals surface area contributed by atoms with Crippen LogP contribution in [0.2, 0.25) is 5.02 Å². The molecular weight excluding hydrogens is 254 g/mol. The third-order valence-electron chi connectivity index (χ3n) is 4.56. The first-order chi connectivity index (χ1) is 9.08. The topological polar surface area (TPSA) is 26.0 Å². The molecule has 2 N–H and O–H groups in total. The average Bonchev–Trinajstić information content (AvgIpc) is 2.41. The van der Waals surface area contributed by atoms with Crippen molar-refractivity contribution in [2.24, 2.45) is 11.7 Å². The Hall–Kier alpha value is -0.530. The van der Waals surface area contributed by atoms with Crippen molar-refractivity contribution in [2.75, 3.05) is 0 Å². The lowest BCUT2D eigenvalue weighted by atomic mass is 9.84. The molecule has 1 nitrogen and oxygen atoms in total. The Labute approximate surface area is 122 Å². The number of nitrogens with two attached hydrogens (primary N) is 1. The minimum absolute atomic E-state index is 0.165. The maximum absolute atomic E-state index is 6.39. The summed E-state index contributed by atoms with van der Waals surface area (Å²) >= 11 is 6.15. The summed E-state index contributed by atoms with van der Waals surface area (Å²) in [6, 6.07) is 4.38. The van der Waals surface area contributed by atoms with Gasteiger partial charge in [-0.2, -0.15) is 0 Å². The van der Waals surface area contributed by atoms with E-state index in [2.05, 4.69) is 19.9 Å². The van der Waals surface area contributed by atoms with Crippen molar-refractivity contribution in [1.82, 2.24) is 0 Å². The molecule has 0 saturated heterocycles. The van der Waals surface area contributed by atoms with Gasteiger partial charge in [-0.3, -0.25) is 0 Å². The highest BCUT2D eigenvalue weighted by Crippen LogP contribution is 2.31. The second-order valence-corrected chi connectivity index (χ2v) is 6.55. The molecule has 1 unspecified atom stereocenters. The van der Waals surface area contributed by atoms with Gasteiger partial charge in [-0.25, -0.2) is 0 Å². The molecular formula is C17H26ClN. The molecule has 0 heterocycles. The van der Waals surface area contributed by atoms with E-state index in [1.807, 2.05) is 6.07 Å². The van der Waals surface area contributed by atoms with E-state index in [9.17, 15) is 0 Å². The van der Waals surface area contributed by atoms with Gasteiger partial charge in [0.2, 0.25) is 0 Å². The summed E-state index contributed by atoms with van der Waals surface area (Å²) in [5, 5.41) is 0.848. The van der Waals surface area contributed by atoms with E-state index in [1.54, 1.807) is 0 Å². The zero-order valence-corrected chi connectivity index (χ0v) is 13.0. The van der Waals surface area contributed by atoms with Gasteiger partial charge in [-0.15, -0.1) is 0 Å². The van der Waals surface area contributed by atoms with Gasteiger partial charge in [0, 0.05) is 11.1 Å². The SMILES string of the molecule is Cc1cc(C(N)CCC2CCCCC2)c(C)cc1Cl. The Morgan fingerprint density at radius 1 is 1.16 bits per heavy atom. The van der Waals surface area contributed by atoms with Crippen LogP contribution < -0.4 is 5.73 Å². The van der Waals surface area contributed by atoms with E-state index >= 15 is 0 Å². The Morgan fingerprint density at radius 3 is 2.53 bits per heavy atom. The maximum atomic E-state index is 6.39. The van der Waals surface area contributed by atoms with Crippen LogP contribution in [0.15, 0.2) is 12.1 Å². The smallest absolute Gasteiger partial charge is 0.0438 e. The van der Waals surface area contributed by atoms with E-state index in [-0.39, 0.29) is 6.04 Å². The van der Waals surface area contributed by atoms with Crippen LogP contribution in [0.1, 0.15) is 67.7 Å². The predicted molar refractivity (Wildman–Crippen MR) is 83.7 cm³/mol. The maximum Gasteiger partial charge on any atom is 0.0438 e. The van der Waals surface area contributed by atoms with Crippen LogP contribution >= 0.6 is 11.6 Å². The van der Waals surface area contributed by atoms with Gasteiger partial charge < -0.3 is 5.73 Å². The third-order valence-corrected chi connectivity index (χ3v) is 4.96. The lowest BCUT2D eigenvalue weighted by molar-refractivity contribution is 0.324. The summed E-state index contributed by atoms with van der Waals surface area (Å²) < 4.78 is 0. The molecule has 0 aromatic heterocycles. The number of hydrogen-bond donors (Lipinski definition) is 1. The number of aryl methyl sites for hydroxylation is 2. The van der Waals surface area contributed by atoms with Crippen LogP contribution in [-0.2, 0) is 0 Å². The predicted octanol–water partition coefficient (Wildman–Crippen LogP) is 5.32. The van der Waals surface area contributed by atoms with Gasteiger partial charge in [0.1, 0.15) is 0 Å².